The van der Waals surface area contributed by atoms with Crippen LogP contribution in [-0.2, 0) is 4.74 Å². The van der Waals surface area contributed by atoms with Crippen molar-refractivity contribution < 1.29 is 14.6 Å². The van der Waals surface area contributed by atoms with E-state index in [-0.39, 0.29) is 12.1 Å². The van der Waals surface area contributed by atoms with Gasteiger partial charge in [-0.25, -0.2) is 0 Å². The smallest absolute Gasteiger partial charge is 0.120 e. The zero-order chi connectivity index (χ0) is 14.5. The number of benzene rings is 1. The largest absolute Gasteiger partial charge is 0.508 e. The standard InChI is InChI=1S/C15H24N2O3/c1-11(14-8-12(19-3)4-5-15(14)18)17(2)10-13-9-16-6-7-20-13/h4-5,8,11,13,16,18H,6-7,9-10H2,1-3H3. The third-order valence-electron chi connectivity index (χ3n) is 3.84. The highest BCUT2D eigenvalue weighted by Crippen LogP contribution is 2.31. The molecule has 1 aliphatic heterocycles. The third kappa shape index (κ3) is 3.62. The highest BCUT2D eigenvalue weighted by molar-refractivity contribution is 5.41. The fourth-order valence-corrected chi connectivity index (χ4v) is 2.45. The molecule has 0 bridgehead atoms. The van der Waals surface area contributed by atoms with Crippen LogP contribution in [0.5, 0.6) is 11.5 Å². The quantitative estimate of drug-likeness (QED) is 0.853. The van der Waals surface area contributed by atoms with Gasteiger partial charge < -0.3 is 19.9 Å². The van der Waals surface area contributed by atoms with Crippen LogP contribution in [0.1, 0.15) is 18.5 Å². The molecule has 5 nitrogen and oxygen atoms in total. The number of hydrogen-bond acceptors (Lipinski definition) is 5. The minimum absolute atomic E-state index is 0.0932. The van der Waals surface area contributed by atoms with E-state index in [1.165, 1.54) is 0 Å². The molecular formula is C15H24N2O3. The van der Waals surface area contributed by atoms with E-state index in [1.807, 2.05) is 13.1 Å². The van der Waals surface area contributed by atoms with Gasteiger partial charge in [0.05, 0.1) is 19.8 Å². The number of morpholine rings is 1. The van der Waals surface area contributed by atoms with E-state index < -0.39 is 0 Å². The number of nitrogens with zero attached hydrogens (tertiary/aromatic N) is 1. The van der Waals surface area contributed by atoms with Crippen molar-refractivity contribution in [3.05, 3.63) is 23.8 Å². The first kappa shape index (κ1) is 15.1. The molecule has 0 radical (unpaired) electrons. The number of phenols is 1. The Kier molecular flexibility index (Phi) is 5.23. The van der Waals surface area contributed by atoms with Crippen LogP contribution in [0.2, 0.25) is 0 Å². The Morgan fingerprint density at radius 1 is 1.55 bits per heavy atom. The van der Waals surface area contributed by atoms with E-state index in [4.69, 9.17) is 9.47 Å². The molecule has 0 spiro atoms. The Labute approximate surface area is 120 Å². The Bertz CT molecular complexity index is 433. The topological polar surface area (TPSA) is 54.0 Å². The van der Waals surface area contributed by atoms with Crippen molar-refractivity contribution >= 4 is 0 Å². The second kappa shape index (κ2) is 6.92. The summed E-state index contributed by atoms with van der Waals surface area (Å²) in [5.41, 5.74) is 0.871. The Balaban J connectivity index is 2.03. The number of aromatic hydroxyl groups is 1. The summed E-state index contributed by atoms with van der Waals surface area (Å²) in [6.45, 7) is 5.46. The van der Waals surface area contributed by atoms with Crippen molar-refractivity contribution in [2.45, 2.75) is 19.1 Å². The number of methoxy groups -OCH3 is 1. The van der Waals surface area contributed by atoms with E-state index in [0.29, 0.717) is 5.75 Å². The molecule has 2 rings (SSSR count). The number of nitrogens with one attached hydrogen (secondary N) is 1. The van der Waals surface area contributed by atoms with Crippen LogP contribution in [0.25, 0.3) is 0 Å². The summed E-state index contributed by atoms with van der Waals surface area (Å²) < 4.78 is 10.9. The molecule has 2 atom stereocenters. The predicted octanol–water partition coefficient (Wildman–Crippen LogP) is 1.38. The second-order valence-corrected chi connectivity index (χ2v) is 5.24. The van der Waals surface area contributed by atoms with Crippen LogP contribution >= 0.6 is 0 Å². The first-order chi connectivity index (χ1) is 9.61. The molecule has 0 amide bonds. The number of rotatable bonds is 5. The van der Waals surface area contributed by atoms with Crippen LogP contribution < -0.4 is 10.1 Å². The van der Waals surface area contributed by atoms with E-state index in [1.54, 1.807) is 19.2 Å². The number of ether oxygens (including phenoxy) is 2. The third-order valence-corrected chi connectivity index (χ3v) is 3.84. The molecule has 0 saturated carbocycles. The summed E-state index contributed by atoms with van der Waals surface area (Å²) in [4.78, 5) is 2.19. The molecule has 2 unspecified atom stereocenters. The molecule has 2 N–H and O–H groups in total. The van der Waals surface area contributed by atoms with E-state index >= 15 is 0 Å². The van der Waals surface area contributed by atoms with Crippen molar-refractivity contribution in [2.75, 3.05) is 40.4 Å². The summed E-state index contributed by atoms with van der Waals surface area (Å²) in [6.07, 6.45) is 0.198. The van der Waals surface area contributed by atoms with E-state index in [2.05, 4.69) is 17.1 Å². The van der Waals surface area contributed by atoms with Crippen LogP contribution in [0, 0.1) is 0 Å². The lowest BCUT2D eigenvalue weighted by atomic mass is 10.1. The van der Waals surface area contributed by atoms with Gasteiger partial charge in [-0.3, -0.25) is 4.90 Å². The fraction of sp³-hybridized carbons (Fsp3) is 0.600. The highest BCUT2D eigenvalue weighted by Gasteiger charge is 2.21. The van der Waals surface area contributed by atoms with Crippen molar-refractivity contribution in [1.29, 1.82) is 0 Å². The number of phenolic OH excluding ortho intramolecular Hbond substituents is 1. The van der Waals surface area contributed by atoms with Gasteiger partial charge in [0.1, 0.15) is 11.5 Å². The molecule has 0 aromatic heterocycles. The van der Waals surface area contributed by atoms with Gasteiger partial charge in [-0.15, -0.1) is 0 Å². The Morgan fingerprint density at radius 3 is 3.00 bits per heavy atom. The monoisotopic (exact) mass is 280 g/mol. The molecule has 5 heteroatoms. The molecule has 0 aliphatic carbocycles. The summed E-state index contributed by atoms with van der Waals surface area (Å²) in [7, 11) is 3.67. The summed E-state index contributed by atoms with van der Waals surface area (Å²) in [5, 5.41) is 13.4. The molecule has 112 valence electrons. The van der Waals surface area contributed by atoms with Crippen molar-refractivity contribution in [3.63, 3.8) is 0 Å². The van der Waals surface area contributed by atoms with Crippen molar-refractivity contribution in [1.82, 2.24) is 10.2 Å². The zero-order valence-corrected chi connectivity index (χ0v) is 12.4. The lowest BCUT2D eigenvalue weighted by molar-refractivity contribution is 0.00377. The normalized spacial score (nSPS) is 20.9. The maximum atomic E-state index is 10.0. The predicted molar refractivity (Wildman–Crippen MR) is 78.3 cm³/mol. The van der Waals surface area contributed by atoms with Crippen molar-refractivity contribution in [3.8, 4) is 11.5 Å². The average molecular weight is 280 g/mol. The minimum Gasteiger partial charge on any atom is -0.508 e. The van der Waals surface area contributed by atoms with Crippen LogP contribution in [-0.4, -0.2) is 56.5 Å². The second-order valence-electron chi connectivity index (χ2n) is 5.24. The molecule has 1 aliphatic rings. The Hall–Kier alpha value is -1.30. The van der Waals surface area contributed by atoms with Gasteiger partial charge in [0, 0.05) is 31.2 Å². The van der Waals surface area contributed by atoms with Gasteiger partial charge in [-0.05, 0) is 32.2 Å². The van der Waals surface area contributed by atoms with Gasteiger partial charge in [0.2, 0.25) is 0 Å². The first-order valence-corrected chi connectivity index (χ1v) is 7.01. The molecule has 1 heterocycles. The van der Waals surface area contributed by atoms with Crippen LogP contribution in [0.4, 0.5) is 0 Å². The molecule has 20 heavy (non-hydrogen) atoms. The first-order valence-electron chi connectivity index (χ1n) is 7.01. The molecule has 1 aromatic rings. The van der Waals surface area contributed by atoms with Crippen molar-refractivity contribution in [2.24, 2.45) is 0 Å². The lowest BCUT2D eigenvalue weighted by Gasteiger charge is -2.32. The molecule has 1 saturated heterocycles. The average Bonchev–Trinajstić information content (AvgIpc) is 2.48. The van der Waals surface area contributed by atoms with Gasteiger partial charge in [-0.2, -0.15) is 0 Å². The molecule has 1 aromatic carbocycles. The Morgan fingerprint density at radius 2 is 2.35 bits per heavy atom. The summed E-state index contributed by atoms with van der Waals surface area (Å²) in [6, 6.07) is 5.42. The van der Waals surface area contributed by atoms with Gasteiger partial charge in [-0.1, -0.05) is 0 Å². The number of likely N-dealkylation sites (N-methyl/N-ethyl adjacent to an activating group) is 1. The van der Waals surface area contributed by atoms with Crippen LogP contribution in [0.15, 0.2) is 18.2 Å². The maximum Gasteiger partial charge on any atom is 0.120 e. The van der Waals surface area contributed by atoms with Gasteiger partial charge in [0.25, 0.3) is 0 Å². The fourth-order valence-electron chi connectivity index (χ4n) is 2.45. The van der Waals surface area contributed by atoms with Gasteiger partial charge in [0.15, 0.2) is 0 Å². The summed E-state index contributed by atoms with van der Waals surface area (Å²) >= 11 is 0. The lowest BCUT2D eigenvalue weighted by Crippen LogP contribution is -2.44. The van der Waals surface area contributed by atoms with E-state index in [9.17, 15) is 5.11 Å². The number of hydrogen-bond donors (Lipinski definition) is 2. The van der Waals surface area contributed by atoms with E-state index in [0.717, 1.165) is 37.6 Å². The van der Waals surface area contributed by atoms with Gasteiger partial charge >= 0.3 is 0 Å². The zero-order valence-electron chi connectivity index (χ0n) is 12.4. The molecule has 1 fully saturated rings. The molecular weight excluding hydrogens is 256 g/mol. The summed E-state index contributed by atoms with van der Waals surface area (Å²) in [5.74, 6) is 1.06. The SMILES string of the molecule is COc1ccc(O)c(C(C)N(C)CC2CNCCO2)c1. The minimum atomic E-state index is 0.0932. The maximum absolute atomic E-state index is 10.0. The van der Waals surface area contributed by atoms with Crippen LogP contribution in [0.3, 0.4) is 0 Å². The highest BCUT2D eigenvalue weighted by atomic mass is 16.5.